The number of fused-ring (bicyclic) bond motifs is 1. The van der Waals surface area contributed by atoms with Crippen LogP contribution in [0.3, 0.4) is 0 Å². The van der Waals surface area contributed by atoms with E-state index in [2.05, 4.69) is 20.6 Å². The van der Waals surface area contributed by atoms with Crippen LogP contribution in [-0.2, 0) is 17.8 Å². The van der Waals surface area contributed by atoms with Gasteiger partial charge in [0.15, 0.2) is 11.5 Å². The maximum atomic E-state index is 12.3. The van der Waals surface area contributed by atoms with E-state index in [1.807, 2.05) is 26.0 Å². The van der Waals surface area contributed by atoms with E-state index in [-0.39, 0.29) is 11.7 Å². The number of rotatable bonds is 5. The number of carbonyl (C=O) groups is 1. The third-order valence-electron chi connectivity index (χ3n) is 8.53. The highest BCUT2D eigenvalue weighted by Gasteiger charge is 2.34. The monoisotopic (exact) mass is 480 g/mol. The fraction of sp³-hybridized carbons (Fsp3) is 0.643. The molecule has 1 amide bonds. The molecule has 1 unspecified atom stereocenters. The fourth-order valence-corrected chi connectivity index (χ4v) is 6.40. The van der Waals surface area contributed by atoms with Crippen molar-refractivity contribution in [2.24, 2.45) is 17.8 Å². The van der Waals surface area contributed by atoms with Crippen LogP contribution in [0.4, 0.5) is 0 Å². The average molecular weight is 481 g/mol. The fourth-order valence-electron chi connectivity index (χ4n) is 6.40. The van der Waals surface area contributed by atoms with E-state index in [4.69, 9.17) is 9.72 Å². The van der Waals surface area contributed by atoms with Crippen molar-refractivity contribution in [3.8, 4) is 22.8 Å². The minimum Gasteiger partial charge on any atom is -0.504 e. The number of imidazole rings is 1. The number of ether oxygens (including phenoxy) is 1. The molecule has 4 heterocycles. The lowest BCUT2D eigenvalue weighted by molar-refractivity contribution is -0.136. The van der Waals surface area contributed by atoms with Gasteiger partial charge >= 0.3 is 0 Å². The molecular weight excluding hydrogens is 440 g/mol. The van der Waals surface area contributed by atoms with Crippen LogP contribution in [0.25, 0.3) is 11.3 Å². The molecule has 3 aliphatic heterocycles. The highest BCUT2D eigenvalue weighted by Crippen LogP contribution is 2.36. The summed E-state index contributed by atoms with van der Waals surface area (Å²) in [7, 11) is 1.57. The zero-order valence-electron chi connectivity index (χ0n) is 21.4. The molecular formula is C28H40N4O3. The zero-order chi connectivity index (χ0) is 24.5. The summed E-state index contributed by atoms with van der Waals surface area (Å²) in [4.78, 5) is 22.0. The molecule has 2 aromatic rings. The molecule has 0 saturated carbocycles. The van der Waals surface area contributed by atoms with Crippen molar-refractivity contribution in [2.45, 2.75) is 65.0 Å². The van der Waals surface area contributed by atoms with Gasteiger partial charge in [0.05, 0.1) is 12.8 Å². The Hall–Kier alpha value is -2.54. The summed E-state index contributed by atoms with van der Waals surface area (Å²) in [5, 5.41) is 9.91. The molecule has 5 rings (SSSR count). The number of likely N-dealkylation sites (tertiary alicyclic amines) is 2. The Morgan fingerprint density at radius 3 is 2.49 bits per heavy atom. The van der Waals surface area contributed by atoms with Crippen molar-refractivity contribution in [3.63, 3.8) is 0 Å². The van der Waals surface area contributed by atoms with E-state index < -0.39 is 0 Å². The Balaban J connectivity index is 1.15. The van der Waals surface area contributed by atoms with E-state index in [9.17, 15) is 9.90 Å². The van der Waals surface area contributed by atoms with Crippen LogP contribution in [0.2, 0.25) is 0 Å². The molecule has 2 fully saturated rings. The summed E-state index contributed by atoms with van der Waals surface area (Å²) in [5.74, 6) is 3.72. The van der Waals surface area contributed by atoms with Gasteiger partial charge in [-0.05, 0) is 75.2 Å². The molecule has 3 aliphatic rings. The third kappa shape index (κ3) is 5.06. The number of carbonyl (C=O) groups excluding carboxylic acids is 1. The first kappa shape index (κ1) is 24.2. The van der Waals surface area contributed by atoms with Crippen molar-refractivity contribution >= 4 is 5.91 Å². The number of phenols is 1. The molecule has 7 heteroatoms. The molecule has 7 nitrogen and oxygen atoms in total. The lowest BCUT2D eigenvalue weighted by Crippen LogP contribution is -2.50. The smallest absolute Gasteiger partial charge is 0.225 e. The van der Waals surface area contributed by atoms with Crippen LogP contribution >= 0.6 is 0 Å². The Bertz CT molecular complexity index is 1030. The first-order chi connectivity index (χ1) is 16.9. The number of nitrogens with zero attached hydrogens (tertiary/aromatic N) is 4. The standard InChI is InChI=1S/C28H40N4O3/c1-19(2)28(34)31-14-10-23(11-15-31)30-12-8-20(9-13-30)22-5-7-27-29-24(18-32(27)17-22)21-4-6-25(33)26(16-21)35-3/h4,6,16,18-20,22-23,33H,5,7-15,17H2,1-3H3. The quantitative estimate of drug-likeness (QED) is 0.695. The SMILES string of the molecule is COc1cc(-c2cn3c(n2)CCC(C2CCN(C4CCN(C(=O)C(C)C)CC4)CC2)C3)ccc1O. The topological polar surface area (TPSA) is 70.8 Å². The van der Waals surface area contributed by atoms with E-state index in [0.29, 0.717) is 23.6 Å². The average Bonchev–Trinajstić information content (AvgIpc) is 3.32. The number of amides is 1. The molecule has 0 radical (unpaired) electrons. The number of aryl methyl sites for hydroxylation is 1. The van der Waals surface area contributed by atoms with Crippen LogP contribution in [0.15, 0.2) is 24.4 Å². The number of benzene rings is 1. The second-order valence-corrected chi connectivity index (χ2v) is 11.0. The summed E-state index contributed by atoms with van der Waals surface area (Å²) >= 11 is 0. The van der Waals surface area contributed by atoms with Gasteiger partial charge in [0, 0.05) is 49.8 Å². The zero-order valence-corrected chi connectivity index (χ0v) is 21.4. The van der Waals surface area contributed by atoms with Gasteiger partial charge in [-0.2, -0.15) is 0 Å². The summed E-state index contributed by atoms with van der Waals surface area (Å²) in [6, 6.07) is 6.08. The number of hydrogen-bond acceptors (Lipinski definition) is 5. The number of aromatic hydroxyl groups is 1. The Kier molecular flexibility index (Phi) is 7.05. The lowest BCUT2D eigenvalue weighted by atomic mass is 9.79. The molecule has 2 saturated heterocycles. The van der Waals surface area contributed by atoms with Crippen molar-refractivity contribution in [2.75, 3.05) is 33.3 Å². The van der Waals surface area contributed by atoms with Gasteiger partial charge in [0.2, 0.25) is 5.91 Å². The number of phenolic OH excluding ortho intramolecular Hbond substituents is 1. The van der Waals surface area contributed by atoms with Crippen LogP contribution in [-0.4, -0.2) is 69.7 Å². The maximum absolute atomic E-state index is 12.3. The number of methoxy groups -OCH3 is 1. The first-order valence-electron chi connectivity index (χ1n) is 13.4. The summed E-state index contributed by atoms with van der Waals surface area (Å²) < 4.78 is 7.63. The second-order valence-electron chi connectivity index (χ2n) is 11.0. The molecule has 0 aliphatic carbocycles. The van der Waals surface area contributed by atoms with Crippen molar-refractivity contribution in [1.82, 2.24) is 19.4 Å². The number of aromatic nitrogens is 2. The predicted octanol–water partition coefficient (Wildman–Crippen LogP) is 4.19. The number of piperidine rings is 2. The maximum Gasteiger partial charge on any atom is 0.225 e. The van der Waals surface area contributed by atoms with Gasteiger partial charge in [0.1, 0.15) is 5.82 Å². The van der Waals surface area contributed by atoms with Gasteiger partial charge < -0.3 is 24.2 Å². The number of hydrogen-bond donors (Lipinski definition) is 1. The molecule has 0 bridgehead atoms. The normalized spacial score (nSPS) is 22.4. The second kappa shape index (κ2) is 10.2. The minimum absolute atomic E-state index is 0.105. The minimum atomic E-state index is 0.105. The molecule has 1 atom stereocenters. The van der Waals surface area contributed by atoms with Gasteiger partial charge in [0.25, 0.3) is 0 Å². The van der Waals surface area contributed by atoms with Crippen LogP contribution in [0.5, 0.6) is 11.5 Å². The van der Waals surface area contributed by atoms with Gasteiger partial charge in [-0.3, -0.25) is 4.79 Å². The summed E-state index contributed by atoms with van der Waals surface area (Å²) in [6.07, 6.45) is 9.22. The Morgan fingerprint density at radius 2 is 1.80 bits per heavy atom. The van der Waals surface area contributed by atoms with Gasteiger partial charge in [-0.15, -0.1) is 0 Å². The van der Waals surface area contributed by atoms with E-state index in [0.717, 1.165) is 56.1 Å². The molecule has 1 N–H and O–H groups in total. The van der Waals surface area contributed by atoms with Crippen molar-refractivity contribution in [1.29, 1.82) is 0 Å². The molecule has 0 spiro atoms. The van der Waals surface area contributed by atoms with E-state index in [1.54, 1.807) is 13.2 Å². The summed E-state index contributed by atoms with van der Waals surface area (Å²) in [5.41, 5.74) is 1.93. The van der Waals surface area contributed by atoms with Gasteiger partial charge in [-0.25, -0.2) is 4.98 Å². The largest absolute Gasteiger partial charge is 0.504 e. The van der Waals surface area contributed by atoms with Gasteiger partial charge in [-0.1, -0.05) is 13.8 Å². The van der Waals surface area contributed by atoms with E-state index in [1.165, 1.54) is 38.2 Å². The molecule has 35 heavy (non-hydrogen) atoms. The van der Waals surface area contributed by atoms with Crippen LogP contribution < -0.4 is 4.74 Å². The predicted molar refractivity (Wildman–Crippen MR) is 136 cm³/mol. The highest BCUT2D eigenvalue weighted by atomic mass is 16.5. The molecule has 190 valence electrons. The first-order valence-corrected chi connectivity index (χ1v) is 13.4. The van der Waals surface area contributed by atoms with Crippen LogP contribution in [0.1, 0.15) is 51.8 Å². The Labute approximate surface area is 209 Å². The molecule has 1 aromatic heterocycles. The van der Waals surface area contributed by atoms with Crippen molar-refractivity contribution in [3.05, 3.63) is 30.2 Å². The van der Waals surface area contributed by atoms with Crippen molar-refractivity contribution < 1.29 is 14.6 Å². The molecule has 1 aromatic carbocycles. The van der Waals surface area contributed by atoms with Crippen LogP contribution in [0, 0.1) is 17.8 Å². The highest BCUT2D eigenvalue weighted by molar-refractivity contribution is 5.78. The summed E-state index contributed by atoms with van der Waals surface area (Å²) in [6.45, 7) is 9.29. The third-order valence-corrected chi connectivity index (χ3v) is 8.53. The van der Waals surface area contributed by atoms with E-state index >= 15 is 0 Å². The lowest BCUT2D eigenvalue weighted by Gasteiger charge is -2.44. The Morgan fingerprint density at radius 1 is 1.06 bits per heavy atom.